The lowest BCUT2D eigenvalue weighted by Gasteiger charge is -2.00. The molecule has 0 aliphatic carbocycles. The van der Waals surface area contributed by atoms with Crippen molar-refractivity contribution in [3.8, 4) is 0 Å². The second kappa shape index (κ2) is 5.23. The zero-order chi connectivity index (χ0) is 11.3. The van der Waals surface area contributed by atoms with Gasteiger partial charge in [-0.2, -0.15) is 0 Å². The maximum Gasteiger partial charge on any atom is 0.274 e. The summed E-state index contributed by atoms with van der Waals surface area (Å²) in [6, 6.07) is 4.41. The molecule has 0 saturated heterocycles. The normalized spacial score (nSPS) is 10.8. The number of hydrogen-bond acceptors (Lipinski definition) is 4. The molecule has 0 amide bonds. The summed E-state index contributed by atoms with van der Waals surface area (Å²) in [5.74, 6) is 0. The fraction of sp³-hybridized carbons (Fsp3) is 0.200. The van der Waals surface area contributed by atoms with Gasteiger partial charge in [0.15, 0.2) is 0 Å². The highest BCUT2D eigenvalue weighted by atomic mass is 16.6. The number of aliphatic hydroxyl groups excluding tert-OH is 2. The predicted octanol–water partition coefficient (Wildman–Crippen LogP) is 1.09. The number of nitrogens with zero attached hydrogens (tertiary/aromatic N) is 1. The zero-order valence-electron chi connectivity index (χ0n) is 7.96. The third kappa shape index (κ3) is 2.87. The quantitative estimate of drug-likeness (QED) is 0.574. The van der Waals surface area contributed by atoms with Gasteiger partial charge in [-0.15, -0.1) is 0 Å². The fourth-order valence-electron chi connectivity index (χ4n) is 1.20. The van der Waals surface area contributed by atoms with Crippen molar-refractivity contribution in [2.45, 2.75) is 6.61 Å². The molecule has 0 bridgehead atoms. The van der Waals surface area contributed by atoms with E-state index in [-0.39, 0.29) is 24.5 Å². The second-order valence-electron chi connectivity index (χ2n) is 2.89. The van der Waals surface area contributed by atoms with Crippen LogP contribution in [0.3, 0.4) is 0 Å². The van der Waals surface area contributed by atoms with E-state index in [1.807, 2.05) is 0 Å². The first-order chi connectivity index (χ1) is 7.19. The van der Waals surface area contributed by atoms with Gasteiger partial charge >= 0.3 is 0 Å². The molecule has 5 nitrogen and oxygen atoms in total. The minimum absolute atomic E-state index is 0.0918. The molecule has 15 heavy (non-hydrogen) atoms. The van der Waals surface area contributed by atoms with E-state index in [0.29, 0.717) is 5.56 Å². The van der Waals surface area contributed by atoms with E-state index in [9.17, 15) is 10.1 Å². The summed E-state index contributed by atoms with van der Waals surface area (Å²) in [6.45, 7) is -0.470. The van der Waals surface area contributed by atoms with Gasteiger partial charge in [0, 0.05) is 6.07 Å². The van der Waals surface area contributed by atoms with E-state index in [4.69, 9.17) is 10.2 Å². The van der Waals surface area contributed by atoms with Crippen molar-refractivity contribution < 1.29 is 15.1 Å². The lowest BCUT2D eigenvalue weighted by molar-refractivity contribution is -0.385. The molecule has 0 heterocycles. The Morgan fingerprint density at radius 3 is 2.67 bits per heavy atom. The lowest BCUT2D eigenvalue weighted by atomic mass is 10.1. The molecule has 1 aromatic carbocycles. The Morgan fingerprint density at radius 2 is 2.13 bits per heavy atom. The van der Waals surface area contributed by atoms with Crippen molar-refractivity contribution in [2.24, 2.45) is 0 Å². The number of aliphatic hydroxyl groups is 2. The van der Waals surface area contributed by atoms with Crippen LogP contribution >= 0.6 is 0 Å². The van der Waals surface area contributed by atoms with Crippen molar-refractivity contribution in [3.63, 3.8) is 0 Å². The van der Waals surface area contributed by atoms with Crippen LogP contribution in [0.2, 0.25) is 0 Å². The summed E-state index contributed by atoms with van der Waals surface area (Å²) in [5.41, 5.74) is 0.873. The molecule has 0 aliphatic rings. The monoisotopic (exact) mass is 209 g/mol. The molecule has 0 atom stereocenters. The minimum atomic E-state index is -0.537. The first-order valence-corrected chi connectivity index (χ1v) is 4.34. The van der Waals surface area contributed by atoms with Gasteiger partial charge in [0.25, 0.3) is 5.69 Å². The number of nitro groups is 1. The summed E-state index contributed by atoms with van der Waals surface area (Å²) >= 11 is 0. The molecule has 80 valence electrons. The Morgan fingerprint density at radius 1 is 1.40 bits per heavy atom. The smallest absolute Gasteiger partial charge is 0.274 e. The van der Waals surface area contributed by atoms with Crippen LogP contribution in [0.4, 0.5) is 5.69 Å². The average molecular weight is 209 g/mol. The van der Waals surface area contributed by atoms with Crippen LogP contribution in [0.5, 0.6) is 0 Å². The first kappa shape index (κ1) is 11.4. The van der Waals surface area contributed by atoms with E-state index in [2.05, 4.69) is 0 Å². The molecule has 2 N–H and O–H groups in total. The molecule has 1 rings (SSSR count). The van der Waals surface area contributed by atoms with Crippen molar-refractivity contribution in [1.29, 1.82) is 0 Å². The Balaban J connectivity index is 3.07. The highest BCUT2D eigenvalue weighted by Crippen LogP contribution is 2.20. The Bertz CT molecular complexity index is 387. The van der Waals surface area contributed by atoms with Crippen LogP contribution in [0.1, 0.15) is 11.1 Å². The second-order valence-corrected chi connectivity index (χ2v) is 2.89. The van der Waals surface area contributed by atoms with E-state index in [0.717, 1.165) is 0 Å². The first-order valence-electron chi connectivity index (χ1n) is 4.34. The van der Waals surface area contributed by atoms with E-state index in [1.165, 1.54) is 18.2 Å². The van der Waals surface area contributed by atoms with Crippen LogP contribution in [-0.2, 0) is 6.61 Å². The molecule has 0 radical (unpaired) electrons. The summed E-state index contributed by atoms with van der Waals surface area (Å²) in [6.07, 6.45) is 3.14. The number of hydrogen-bond donors (Lipinski definition) is 2. The molecule has 0 aromatic heterocycles. The molecule has 1 aromatic rings. The molecule has 0 spiro atoms. The third-order valence-corrected chi connectivity index (χ3v) is 1.89. The summed E-state index contributed by atoms with van der Waals surface area (Å²) in [4.78, 5) is 10.0. The Hall–Kier alpha value is -1.72. The fourth-order valence-corrected chi connectivity index (χ4v) is 1.20. The zero-order valence-corrected chi connectivity index (χ0v) is 7.96. The van der Waals surface area contributed by atoms with Crippen LogP contribution in [-0.4, -0.2) is 21.7 Å². The Labute approximate surface area is 86.4 Å². The van der Waals surface area contributed by atoms with Gasteiger partial charge in [0.05, 0.1) is 23.7 Å². The SMILES string of the molecule is O=[N+]([O-])c1ccc(C=CCO)cc1CO. The van der Waals surface area contributed by atoms with Crippen LogP contribution in [0.15, 0.2) is 24.3 Å². The van der Waals surface area contributed by atoms with Gasteiger partial charge in [0.2, 0.25) is 0 Å². The topological polar surface area (TPSA) is 83.6 Å². The van der Waals surface area contributed by atoms with Crippen molar-refractivity contribution in [3.05, 3.63) is 45.5 Å². The van der Waals surface area contributed by atoms with E-state index < -0.39 is 4.92 Å². The predicted molar refractivity (Wildman–Crippen MR) is 55.1 cm³/mol. The number of rotatable bonds is 4. The van der Waals surface area contributed by atoms with Crippen LogP contribution < -0.4 is 0 Å². The molecule has 0 fully saturated rings. The molecule has 0 saturated carbocycles. The summed E-state index contributed by atoms with van der Waals surface area (Å²) in [5, 5.41) is 28.0. The summed E-state index contributed by atoms with van der Waals surface area (Å²) in [7, 11) is 0. The van der Waals surface area contributed by atoms with E-state index in [1.54, 1.807) is 12.1 Å². The van der Waals surface area contributed by atoms with Gasteiger partial charge in [-0.25, -0.2) is 0 Å². The number of benzene rings is 1. The standard InChI is InChI=1S/C10H11NO4/c12-5-1-2-8-3-4-10(11(14)15)9(6-8)7-13/h1-4,6,12-13H,5,7H2. The van der Waals surface area contributed by atoms with Crippen molar-refractivity contribution in [1.82, 2.24) is 0 Å². The highest BCUT2D eigenvalue weighted by molar-refractivity contribution is 5.55. The van der Waals surface area contributed by atoms with Gasteiger partial charge in [0.1, 0.15) is 0 Å². The average Bonchev–Trinajstić information content (AvgIpc) is 2.25. The third-order valence-electron chi connectivity index (χ3n) is 1.89. The summed E-state index contributed by atoms with van der Waals surface area (Å²) < 4.78 is 0. The van der Waals surface area contributed by atoms with Crippen molar-refractivity contribution in [2.75, 3.05) is 6.61 Å². The molecule has 0 unspecified atom stereocenters. The molecule has 0 aliphatic heterocycles. The van der Waals surface area contributed by atoms with Crippen LogP contribution in [0.25, 0.3) is 6.08 Å². The van der Waals surface area contributed by atoms with Gasteiger partial charge in [-0.1, -0.05) is 12.2 Å². The maximum atomic E-state index is 10.5. The Kier molecular flexibility index (Phi) is 3.96. The minimum Gasteiger partial charge on any atom is -0.392 e. The van der Waals surface area contributed by atoms with Gasteiger partial charge < -0.3 is 10.2 Å². The van der Waals surface area contributed by atoms with E-state index >= 15 is 0 Å². The van der Waals surface area contributed by atoms with Gasteiger partial charge in [-0.3, -0.25) is 10.1 Å². The van der Waals surface area contributed by atoms with Crippen LogP contribution in [0, 0.1) is 10.1 Å². The highest BCUT2D eigenvalue weighted by Gasteiger charge is 2.11. The van der Waals surface area contributed by atoms with Crippen molar-refractivity contribution >= 4 is 11.8 Å². The lowest BCUT2D eigenvalue weighted by Crippen LogP contribution is -1.95. The maximum absolute atomic E-state index is 10.5. The largest absolute Gasteiger partial charge is 0.392 e. The molecular weight excluding hydrogens is 198 g/mol. The van der Waals surface area contributed by atoms with Gasteiger partial charge in [-0.05, 0) is 17.7 Å². The molecule has 5 heteroatoms. The number of nitro benzene ring substituents is 1. The molecular formula is C10H11NO4.